The molecule has 1 unspecified atom stereocenters. The Labute approximate surface area is 106 Å². The van der Waals surface area contributed by atoms with E-state index in [1.807, 2.05) is 11.0 Å². The van der Waals surface area contributed by atoms with Crippen LogP contribution in [0.15, 0.2) is 46.2 Å². The summed E-state index contributed by atoms with van der Waals surface area (Å²) in [6.45, 7) is 0.921. The van der Waals surface area contributed by atoms with E-state index in [4.69, 9.17) is 0 Å². The van der Waals surface area contributed by atoms with Crippen LogP contribution in [0, 0.1) is 0 Å². The van der Waals surface area contributed by atoms with Crippen LogP contribution in [0.1, 0.15) is 19.3 Å². The molecule has 2 aliphatic rings. The summed E-state index contributed by atoms with van der Waals surface area (Å²) in [4.78, 5) is 14.6. The number of carbonyl (C=O) groups is 1. The maximum absolute atomic E-state index is 11.3. The maximum Gasteiger partial charge on any atom is 0.224 e. The van der Waals surface area contributed by atoms with Gasteiger partial charge < -0.3 is 4.90 Å². The number of nitrogens with zero attached hydrogens (tertiary/aromatic N) is 1. The Balaban J connectivity index is 1.61. The van der Waals surface area contributed by atoms with Crippen molar-refractivity contribution in [2.24, 2.45) is 0 Å². The minimum Gasteiger partial charge on any atom is -0.338 e. The molecule has 0 saturated carbocycles. The lowest BCUT2D eigenvalue weighted by atomic mass is 9.89. The fraction of sp³-hybridized carbons (Fsp3) is 0.357. The van der Waals surface area contributed by atoms with Crippen molar-refractivity contribution in [2.45, 2.75) is 30.2 Å². The largest absolute Gasteiger partial charge is 0.338 e. The van der Waals surface area contributed by atoms with Gasteiger partial charge in [0.1, 0.15) is 0 Å². The quantitative estimate of drug-likeness (QED) is 0.589. The Bertz CT molecular complexity index is 455. The molecule has 17 heavy (non-hydrogen) atoms. The van der Waals surface area contributed by atoms with Gasteiger partial charge >= 0.3 is 0 Å². The summed E-state index contributed by atoms with van der Waals surface area (Å²) in [5.41, 5.74) is 1.49. The third-order valence-corrected chi connectivity index (χ3v) is 4.44. The van der Waals surface area contributed by atoms with Crippen LogP contribution in [-0.2, 0) is 4.79 Å². The fourth-order valence-electron chi connectivity index (χ4n) is 2.44. The van der Waals surface area contributed by atoms with E-state index in [0.717, 1.165) is 25.8 Å². The van der Waals surface area contributed by atoms with Crippen molar-refractivity contribution >= 4 is 17.7 Å². The molecule has 0 N–H and O–H groups in total. The van der Waals surface area contributed by atoms with Crippen molar-refractivity contribution in [1.82, 2.24) is 4.90 Å². The minimum absolute atomic E-state index is 0.338. The van der Waals surface area contributed by atoms with Gasteiger partial charge in [-0.25, -0.2) is 0 Å². The van der Waals surface area contributed by atoms with Crippen LogP contribution < -0.4 is 0 Å². The van der Waals surface area contributed by atoms with Crippen LogP contribution in [0.5, 0.6) is 0 Å². The van der Waals surface area contributed by atoms with E-state index in [9.17, 15) is 4.79 Å². The van der Waals surface area contributed by atoms with Gasteiger partial charge in [-0.05, 0) is 30.4 Å². The van der Waals surface area contributed by atoms with E-state index < -0.39 is 0 Å². The van der Waals surface area contributed by atoms with Gasteiger partial charge in [-0.3, -0.25) is 4.79 Å². The molecule has 88 valence electrons. The average Bonchev–Trinajstić information content (AvgIpc) is 2.36. The van der Waals surface area contributed by atoms with Crippen LogP contribution in [0.2, 0.25) is 0 Å². The molecule has 2 fully saturated rings. The number of fused-ring (bicyclic) bond motifs is 1. The molecule has 1 aromatic rings. The number of carbonyl (C=O) groups excluding carboxylic acids is 1. The molecule has 3 heteroatoms. The minimum atomic E-state index is 0.338. The smallest absolute Gasteiger partial charge is 0.224 e. The predicted octanol–water partition coefficient (Wildman–Crippen LogP) is 3.06. The standard InChI is InChI=1S/C14H15NOS/c16-14-9-12-8-11(6-7-15(12)14)10-17-13-4-2-1-3-5-13/h1-5,10,12H,6-9H2/b11-10-. The SMILES string of the molecule is O=C1CC2C/C(=C\Sc3ccccc3)CCN12. The van der Waals surface area contributed by atoms with Crippen molar-refractivity contribution in [3.8, 4) is 0 Å². The van der Waals surface area contributed by atoms with E-state index in [2.05, 4.69) is 29.7 Å². The highest BCUT2D eigenvalue weighted by atomic mass is 32.2. The Morgan fingerprint density at radius 1 is 1.24 bits per heavy atom. The van der Waals surface area contributed by atoms with Crippen molar-refractivity contribution in [2.75, 3.05) is 6.54 Å². The summed E-state index contributed by atoms with van der Waals surface area (Å²) in [7, 11) is 0. The van der Waals surface area contributed by atoms with Crippen LogP contribution >= 0.6 is 11.8 Å². The van der Waals surface area contributed by atoms with Crippen LogP contribution in [0.3, 0.4) is 0 Å². The van der Waals surface area contributed by atoms with Gasteiger partial charge in [0, 0.05) is 23.9 Å². The third-order valence-electron chi connectivity index (χ3n) is 3.45. The topological polar surface area (TPSA) is 20.3 Å². The fourth-order valence-corrected chi connectivity index (χ4v) is 3.27. The monoisotopic (exact) mass is 245 g/mol. The average molecular weight is 245 g/mol. The highest BCUT2D eigenvalue weighted by Gasteiger charge is 2.38. The first-order valence-corrected chi connectivity index (χ1v) is 6.90. The first-order chi connectivity index (χ1) is 8.33. The number of piperidine rings is 1. The lowest BCUT2D eigenvalue weighted by molar-refractivity contribution is -0.146. The second kappa shape index (κ2) is 4.57. The summed E-state index contributed by atoms with van der Waals surface area (Å²) >= 11 is 1.79. The molecule has 2 nitrogen and oxygen atoms in total. The van der Waals surface area contributed by atoms with Crippen molar-refractivity contribution in [1.29, 1.82) is 0 Å². The third kappa shape index (κ3) is 2.25. The summed E-state index contributed by atoms with van der Waals surface area (Å²) in [5.74, 6) is 0.338. The number of rotatable bonds is 2. The summed E-state index contributed by atoms with van der Waals surface area (Å²) < 4.78 is 0. The van der Waals surface area contributed by atoms with E-state index in [-0.39, 0.29) is 0 Å². The number of amides is 1. The molecule has 1 amide bonds. The molecular weight excluding hydrogens is 230 g/mol. The van der Waals surface area contributed by atoms with Crippen molar-refractivity contribution in [3.63, 3.8) is 0 Å². The molecule has 3 rings (SSSR count). The zero-order valence-electron chi connectivity index (χ0n) is 9.63. The van der Waals surface area contributed by atoms with Crippen LogP contribution in [0.4, 0.5) is 0 Å². The molecule has 2 saturated heterocycles. The zero-order valence-corrected chi connectivity index (χ0v) is 10.5. The Morgan fingerprint density at radius 2 is 2.06 bits per heavy atom. The lowest BCUT2D eigenvalue weighted by Gasteiger charge is -2.44. The van der Waals surface area contributed by atoms with Gasteiger partial charge in [0.2, 0.25) is 5.91 Å². The number of benzene rings is 1. The highest BCUT2D eigenvalue weighted by molar-refractivity contribution is 8.02. The number of β-lactam (4-membered cyclic amide) rings is 1. The molecule has 2 heterocycles. The molecule has 0 aromatic heterocycles. The molecule has 0 bridgehead atoms. The van der Waals surface area contributed by atoms with Crippen molar-refractivity contribution < 1.29 is 4.79 Å². The number of thioether (sulfide) groups is 1. The van der Waals surface area contributed by atoms with Crippen LogP contribution in [0.25, 0.3) is 0 Å². The maximum atomic E-state index is 11.3. The van der Waals surface area contributed by atoms with E-state index >= 15 is 0 Å². The van der Waals surface area contributed by atoms with Gasteiger partial charge in [-0.15, -0.1) is 0 Å². The van der Waals surface area contributed by atoms with E-state index in [1.165, 1.54) is 10.5 Å². The molecule has 1 atom stereocenters. The number of hydrogen-bond donors (Lipinski definition) is 0. The Kier molecular flexibility index (Phi) is 2.93. The summed E-state index contributed by atoms with van der Waals surface area (Å²) in [5, 5.41) is 2.27. The molecule has 0 aliphatic carbocycles. The second-order valence-electron chi connectivity index (χ2n) is 4.61. The van der Waals surface area contributed by atoms with Gasteiger partial charge in [0.15, 0.2) is 0 Å². The molecular formula is C14H15NOS. The highest BCUT2D eigenvalue weighted by Crippen LogP contribution is 2.34. The molecule has 0 spiro atoms. The summed E-state index contributed by atoms with van der Waals surface area (Å²) in [6, 6.07) is 10.9. The normalized spacial score (nSPS) is 25.6. The van der Waals surface area contributed by atoms with Gasteiger partial charge in [0.25, 0.3) is 0 Å². The molecule has 2 aliphatic heterocycles. The van der Waals surface area contributed by atoms with Gasteiger partial charge in [-0.1, -0.05) is 35.5 Å². The first kappa shape index (κ1) is 10.9. The Morgan fingerprint density at radius 3 is 2.76 bits per heavy atom. The van der Waals surface area contributed by atoms with E-state index in [1.54, 1.807) is 11.8 Å². The van der Waals surface area contributed by atoms with Gasteiger partial charge in [0.05, 0.1) is 0 Å². The van der Waals surface area contributed by atoms with Crippen molar-refractivity contribution in [3.05, 3.63) is 41.3 Å². The summed E-state index contributed by atoms with van der Waals surface area (Å²) in [6.07, 6.45) is 2.88. The Hall–Kier alpha value is -1.22. The van der Waals surface area contributed by atoms with Gasteiger partial charge in [-0.2, -0.15) is 0 Å². The molecule has 0 radical (unpaired) electrons. The predicted molar refractivity (Wildman–Crippen MR) is 69.7 cm³/mol. The second-order valence-corrected chi connectivity index (χ2v) is 5.55. The zero-order chi connectivity index (χ0) is 11.7. The molecule has 1 aromatic carbocycles. The van der Waals surface area contributed by atoms with E-state index in [0.29, 0.717) is 11.9 Å². The first-order valence-electron chi connectivity index (χ1n) is 6.02. The van der Waals surface area contributed by atoms with Crippen LogP contribution in [-0.4, -0.2) is 23.4 Å². The lowest BCUT2D eigenvalue weighted by Crippen LogP contribution is -2.55. The number of hydrogen-bond acceptors (Lipinski definition) is 2.